The van der Waals surface area contributed by atoms with Crippen LogP contribution < -0.4 is 10.1 Å². The van der Waals surface area contributed by atoms with E-state index >= 15 is 0 Å². The van der Waals surface area contributed by atoms with Crippen molar-refractivity contribution in [1.29, 1.82) is 0 Å². The van der Waals surface area contributed by atoms with E-state index in [-0.39, 0.29) is 24.7 Å². The summed E-state index contributed by atoms with van der Waals surface area (Å²) in [6.45, 7) is 2.16. The summed E-state index contributed by atoms with van der Waals surface area (Å²) in [4.78, 5) is 6.69. The topological polar surface area (TPSA) is 47.0 Å². The van der Waals surface area contributed by atoms with Crippen molar-refractivity contribution >= 4 is 0 Å². The van der Waals surface area contributed by atoms with Gasteiger partial charge in [0.25, 0.3) is 0 Å². The number of alkyl halides is 3. The molecular formula is C9H12F3N3O. The van der Waals surface area contributed by atoms with Gasteiger partial charge in [0.15, 0.2) is 0 Å². The fourth-order valence-electron chi connectivity index (χ4n) is 1.09. The minimum Gasteiger partial charge on any atom is -0.478 e. The summed E-state index contributed by atoms with van der Waals surface area (Å²) in [5.41, 5.74) is 0.244. The number of nitrogens with zero attached hydrogens (tertiary/aromatic N) is 2. The van der Waals surface area contributed by atoms with E-state index in [1.807, 2.05) is 0 Å². The summed E-state index contributed by atoms with van der Waals surface area (Å²) in [5.74, 6) is -1.24. The Balaban J connectivity index is 3.08. The molecule has 0 aliphatic heterocycles. The summed E-state index contributed by atoms with van der Waals surface area (Å²) in [5, 5.41) is 2.72. The Morgan fingerprint density at radius 2 is 2.06 bits per heavy atom. The van der Waals surface area contributed by atoms with E-state index in [0.29, 0.717) is 0 Å². The molecule has 4 nitrogen and oxygen atoms in total. The molecule has 0 saturated heterocycles. The Bertz CT molecular complexity index is 330. The molecule has 0 unspecified atom stereocenters. The zero-order valence-electron chi connectivity index (χ0n) is 8.93. The smallest absolute Gasteiger partial charge is 0.451 e. The second-order valence-corrected chi connectivity index (χ2v) is 2.98. The maximum absolute atomic E-state index is 12.4. The van der Waals surface area contributed by atoms with Crippen LogP contribution >= 0.6 is 0 Å². The second-order valence-electron chi connectivity index (χ2n) is 2.98. The first-order valence-corrected chi connectivity index (χ1v) is 4.70. The Kier molecular flexibility index (Phi) is 4.05. The van der Waals surface area contributed by atoms with E-state index in [4.69, 9.17) is 4.74 Å². The molecule has 1 aromatic heterocycles. The monoisotopic (exact) mass is 235 g/mol. The van der Waals surface area contributed by atoms with Gasteiger partial charge in [-0.15, -0.1) is 0 Å². The summed E-state index contributed by atoms with van der Waals surface area (Å²) < 4.78 is 42.2. The van der Waals surface area contributed by atoms with Gasteiger partial charge in [-0.3, -0.25) is 0 Å². The number of rotatable bonds is 4. The van der Waals surface area contributed by atoms with Gasteiger partial charge < -0.3 is 10.1 Å². The lowest BCUT2D eigenvalue weighted by Gasteiger charge is -2.09. The average molecular weight is 235 g/mol. The zero-order chi connectivity index (χ0) is 12.2. The first-order chi connectivity index (χ1) is 7.47. The largest absolute Gasteiger partial charge is 0.478 e. The van der Waals surface area contributed by atoms with Crippen LogP contribution in [0.3, 0.4) is 0 Å². The van der Waals surface area contributed by atoms with Gasteiger partial charge in [-0.2, -0.15) is 18.2 Å². The van der Waals surface area contributed by atoms with Gasteiger partial charge >= 0.3 is 6.18 Å². The van der Waals surface area contributed by atoms with Crippen molar-refractivity contribution in [3.8, 4) is 5.88 Å². The van der Waals surface area contributed by atoms with Crippen LogP contribution in [-0.4, -0.2) is 23.6 Å². The number of hydrogen-bond donors (Lipinski definition) is 1. The van der Waals surface area contributed by atoms with E-state index in [2.05, 4.69) is 15.3 Å². The molecule has 16 heavy (non-hydrogen) atoms. The van der Waals surface area contributed by atoms with Crippen LogP contribution in [0.15, 0.2) is 6.07 Å². The van der Waals surface area contributed by atoms with Crippen molar-refractivity contribution in [3.05, 3.63) is 17.6 Å². The van der Waals surface area contributed by atoms with Crippen LogP contribution in [0.1, 0.15) is 18.4 Å². The highest BCUT2D eigenvalue weighted by molar-refractivity contribution is 5.17. The SMILES string of the molecule is CCOc1cc(CNC)nc(C(F)(F)F)n1. The number of nitrogens with one attached hydrogen (secondary N) is 1. The molecule has 90 valence electrons. The van der Waals surface area contributed by atoms with E-state index in [0.717, 1.165) is 0 Å². The molecular weight excluding hydrogens is 223 g/mol. The fourth-order valence-corrected chi connectivity index (χ4v) is 1.09. The average Bonchev–Trinajstić information content (AvgIpc) is 2.17. The van der Waals surface area contributed by atoms with Gasteiger partial charge in [-0.05, 0) is 14.0 Å². The molecule has 0 spiro atoms. The van der Waals surface area contributed by atoms with Crippen LogP contribution in [-0.2, 0) is 12.7 Å². The standard InChI is InChI=1S/C9H12F3N3O/c1-3-16-7-4-6(5-13-2)14-8(15-7)9(10,11)12/h4,13H,3,5H2,1-2H3. The molecule has 0 radical (unpaired) electrons. The predicted octanol–water partition coefficient (Wildman–Crippen LogP) is 1.61. The van der Waals surface area contributed by atoms with Gasteiger partial charge in [-0.25, -0.2) is 4.98 Å². The molecule has 1 aromatic rings. The molecule has 7 heteroatoms. The molecule has 1 rings (SSSR count). The summed E-state index contributed by atoms with van der Waals surface area (Å²) in [6, 6.07) is 1.38. The molecule has 0 aliphatic rings. The highest BCUT2D eigenvalue weighted by Gasteiger charge is 2.35. The molecule has 0 aliphatic carbocycles. The second kappa shape index (κ2) is 5.11. The van der Waals surface area contributed by atoms with E-state index < -0.39 is 12.0 Å². The molecule has 0 saturated carbocycles. The van der Waals surface area contributed by atoms with Crippen molar-refractivity contribution in [2.75, 3.05) is 13.7 Å². The van der Waals surface area contributed by atoms with Crippen molar-refractivity contribution in [1.82, 2.24) is 15.3 Å². The molecule has 1 N–H and O–H groups in total. The number of ether oxygens (including phenoxy) is 1. The third kappa shape index (κ3) is 3.34. The van der Waals surface area contributed by atoms with Gasteiger partial charge in [0.05, 0.1) is 12.3 Å². The number of hydrogen-bond acceptors (Lipinski definition) is 4. The van der Waals surface area contributed by atoms with Crippen molar-refractivity contribution < 1.29 is 17.9 Å². The van der Waals surface area contributed by atoms with Gasteiger partial charge in [0.2, 0.25) is 11.7 Å². The normalized spacial score (nSPS) is 11.6. The Labute approximate surface area is 90.9 Å². The van der Waals surface area contributed by atoms with Crippen LogP contribution in [0.5, 0.6) is 5.88 Å². The zero-order valence-corrected chi connectivity index (χ0v) is 8.93. The van der Waals surface area contributed by atoms with Gasteiger partial charge in [-0.1, -0.05) is 0 Å². The van der Waals surface area contributed by atoms with Gasteiger partial charge in [0, 0.05) is 12.6 Å². The molecule has 0 atom stereocenters. The lowest BCUT2D eigenvalue weighted by atomic mass is 10.4. The van der Waals surface area contributed by atoms with Crippen LogP contribution in [0, 0.1) is 0 Å². The predicted molar refractivity (Wildman–Crippen MR) is 51.0 cm³/mol. The van der Waals surface area contributed by atoms with Crippen LogP contribution in [0.4, 0.5) is 13.2 Å². The maximum atomic E-state index is 12.4. The molecule has 0 fully saturated rings. The molecule has 0 amide bonds. The third-order valence-electron chi connectivity index (χ3n) is 1.66. The Morgan fingerprint density at radius 1 is 1.38 bits per heavy atom. The van der Waals surface area contributed by atoms with E-state index in [9.17, 15) is 13.2 Å². The van der Waals surface area contributed by atoms with Crippen LogP contribution in [0.25, 0.3) is 0 Å². The first kappa shape index (κ1) is 12.7. The summed E-state index contributed by atoms with van der Waals surface area (Å²) in [7, 11) is 1.62. The lowest BCUT2D eigenvalue weighted by Crippen LogP contribution is -2.16. The van der Waals surface area contributed by atoms with Crippen molar-refractivity contribution in [2.24, 2.45) is 0 Å². The van der Waals surface area contributed by atoms with Gasteiger partial charge in [0.1, 0.15) is 0 Å². The van der Waals surface area contributed by atoms with E-state index in [1.165, 1.54) is 6.07 Å². The molecule has 1 heterocycles. The first-order valence-electron chi connectivity index (χ1n) is 4.70. The van der Waals surface area contributed by atoms with E-state index in [1.54, 1.807) is 14.0 Å². The van der Waals surface area contributed by atoms with Crippen molar-refractivity contribution in [2.45, 2.75) is 19.6 Å². The number of aromatic nitrogens is 2. The van der Waals surface area contributed by atoms with Crippen LogP contribution in [0.2, 0.25) is 0 Å². The molecule has 0 aromatic carbocycles. The minimum absolute atomic E-state index is 0.0601. The highest BCUT2D eigenvalue weighted by atomic mass is 19.4. The lowest BCUT2D eigenvalue weighted by molar-refractivity contribution is -0.145. The maximum Gasteiger partial charge on any atom is 0.451 e. The third-order valence-corrected chi connectivity index (χ3v) is 1.66. The Hall–Kier alpha value is -1.37. The summed E-state index contributed by atoms with van der Waals surface area (Å²) in [6.07, 6.45) is -4.56. The van der Waals surface area contributed by atoms with Crippen molar-refractivity contribution in [3.63, 3.8) is 0 Å². The quantitative estimate of drug-likeness (QED) is 0.861. The fraction of sp³-hybridized carbons (Fsp3) is 0.556. The Morgan fingerprint density at radius 3 is 2.56 bits per heavy atom. The molecule has 0 bridgehead atoms. The minimum atomic E-state index is -4.56. The highest BCUT2D eigenvalue weighted by Crippen LogP contribution is 2.27. The summed E-state index contributed by atoms with van der Waals surface area (Å²) >= 11 is 0. The number of halogens is 3.